The smallest absolute Gasteiger partial charge is 0.255 e. The number of rotatable bonds is 2. The summed E-state index contributed by atoms with van der Waals surface area (Å²) in [7, 11) is 1.65. The number of carbonyl (C=O) groups is 1. The molecule has 1 fully saturated rings. The lowest BCUT2D eigenvalue weighted by molar-refractivity contribution is 0.0764. The van der Waals surface area contributed by atoms with Crippen LogP contribution in [0, 0.1) is 0 Å². The molecule has 0 N–H and O–H groups in total. The van der Waals surface area contributed by atoms with Gasteiger partial charge in [-0.15, -0.1) is 0 Å². The van der Waals surface area contributed by atoms with Crippen molar-refractivity contribution in [1.29, 1.82) is 0 Å². The van der Waals surface area contributed by atoms with Gasteiger partial charge < -0.3 is 19.3 Å². The monoisotopic (exact) mass is 461 g/mol. The van der Waals surface area contributed by atoms with Gasteiger partial charge in [0.25, 0.3) is 5.91 Å². The average Bonchev–Trinajstić information content (AvgIpc) is 3.18. The van der Waals surface area contributed by atoms with Crippen LogP contribution in [0.1, 0.15) is 22.3 Å². The molecule has 0 bridgehead atoms. The van der Waals surface area contributed by atoms with E-state index in [-0.39, 0.29) is 5.91 Å². The van der Waals surface area contributed by atoms with Gasteiger partial charge in [-0.1, -0.05) is 35.9 Å². The molecule has 1 amide bonds. The van der Waals surface area contributed by atoms with E-state index < -0.39 is 0 Å². The summed E-state index contributed by atoms with van der Waals surface area (Å²) in [6.45, 7) is 2.65. The van der Waals surface area contributed by atoms with Crippen molar-refractivity contribution >= 4 is 29.0 Å². The molecule has 0 aliphatic carbocycles. The van der Waals surface area contributed by atoms with E-state index >= 15 is 0 Å². The van der Waals surface area contributed by atoms with Crippen LogP contribution < -0.4 is 9.47 Å². The van der Waals surface area contributed by atoms with Gasteiger partial charge in [0.1, 0.15) is 23.0 Å². The maximum Gasteiger partial charge on any atom is 0.255 e. The lowest BCUT2D eigenvalue weighted by atomic mass is 10.1. The molecule has 0 radical (unpaired) electrons. The van der Waals surface area contributed by atoms with E-state index in [1.807, 2.05) is 59.5 Å². The second kappa shape index (κ2) is 9.16. The molecule has 33 heavy (non-hydrogen) atoms. The Morgan fingerprint density at radius 2 is 1.79 bits per heavy atom. The number of methoxy groups -OCH3 is 1. The van der Waals surface area contributed by atoms with Crippen LogP contribution in [-0.2, 0) is 0 Å². The molecule has 2 heterocycles. The standard InChI is InChI=1S/C26H24ClN3O3/c1-32-18-11-12-23-20(17-18)25(28-22-9-4-5-10-24(22)33-23)29-13-6-14-30(16-15-29)26(31)19-7-2-3-8-21(19)27/h2-5,7-12,17H,6,13-16H2,1H3. The summed E-state index contributed by atoms with van der Waals surface area (Å²) in [4.78, 5) is 22.2. The van der Waals surface area contributed by atoms with Crippen LogP contribution in [0.3, 0.4) is 0 Å². The van der Waals surface area contributed by atoms with Crippen molar-refractivity contribution in [3.63, 3.8) is 0 Å². The summed E-state index contributed by atoms with van der Waals surface area (Å²) in [5, 5.41) is 0.478. The fourth-order valence-electron chi connectivity index (χ4n) is 4.21. The highest BCUT2D eigenvalue weighted by atomic mass is 35.5. The number of hydrogen-bond acceptors (Lipinski definition) is 5. The van der Waals surface area contributed by atoms with Crippen molar-refractivity contribution in [2.45, 2.75) is 6.42 Å². The van der Waals surface area contributed by atoms with Crippen LogP contribution in [0.2, 0.25) is 5.02 Å². The Morgan fingerprint density at radius 3 is 2.64 bits per heavy atom. The Labute approximate surface area is 198 Å². The molecule has 0 spiro atoms. The second-order valence-electron chi connectivity index (χ2n) is 7.98. The number of para-hydroxylation sites is 2. The zero-order valence-corrected chi connectivity index (χ0v) is 19.1. The first kappa shape index (κ1) is 21.3. The van der Waals surface area contributed by atoms with Gasteiger partial charge in [0.05, 0.1) is 23.3 Å². The first-order valence-electron chi connectivity index (χ1n) is 11.0. The molecule has 0 atom stereocenters. The highest BCUT2D eigenvalue weighted by molar-refractivity contribution is 6.33. The van der Waals surface area contributed by atoms with E-state index in [4.69, 9.17) is 26.1 Å². The number of halogens is 1. The van der Waals surface area contributed by atoms with E-state index in [0.717, 1.165) is 41.6 Å². The van der Waals surface area contributed by atoms with Gasteiger partial charge in [-0.2, -0.15) is 0 Å². The third-order valence-electron chi connectivity index (χ3n) is 5.93. The number of carbonyl (C=O) groups excluding carboxylic acids is 1. The molecule has 0 unspecified atom stereocenters. The third kappa shape index (κ3) is 4.26. The summed E-state index contributed by atoms with van der Waals surface area (Å²) in [6, 6.07) is 20.7. The van der Waals surface area contributed by atoms with Crippen LogP contribution in [0.5, 0.6) is 17.2 Å². The fraction of sp³-hybridized carbons (Fsp3) is 0.231. The van der Waals surface area contributed by atoms with Crippen molar-refractivity contribution in [2.75, 3.05) is 33.3 Å². The van der Waals surface area contributed by atoms with Gasteiger partial charge in [-0.05, 0) is 48.9 Å². The molecule has 1 saturated heterocycles. The summed E-state index contributed by atoms with van der Waals surface area (Å²) in [6.07, 6.45) is 0.816. The minimum absolute atomic E-state index is 0.0407. The molecule has 0 saturated carbocycles. The van der Waals surface area contributed by atoms with Crippen LogP contribution in [0.25, 0.3) is 0 Å². The molecule has 2 aliphatic rings. The Hall–Kier alpha value is -3.51. The Morgan fingerprint density at radius 1 is 0.970 bits per heavy atom. The van der Waals surface area contributed by atoms with E-state index in [1.165, 1.54) is 0 Å². The molecule has 3 aromatic rings. The number of ether oxygens (including phenoxy) is 2. The number of aliphatic imine (C=N–C) groups is 1. The van der Waals surface area contributed by atoms with E-state index in [1.54, 1.807) is 19.2 Å². The molecule has 168 valence electrons. The first-order chi connectivity index (χ1) is 16.1. The van der Waals surface area contributed by atoms with Gasteiger partial charge in [-0.3, -0.25) is 4.79 Å². The summed E-state index contributed by atoms with van der Waals surface area (Å²) in [5.41, 5.74) is 2.18. The number of fused-ring (bicyclic) bond motifs is 2. The second-order valence-corrected chi connectivity index (χ2v) is 8.39. The first-order valence-corrected chi connectivity index (χ1v) is 11.3. The van der Waals surface area contributed by atoms with Gasteiger partial charge >= 0.3 is 0 Å². The van der Waals surface area contributed by atoms with E-state index in [2.05, 4.69) is 4.90 Å². The largest absolute Gasteiger partial charge is 0.497 e. The summed E-state index contributed by atoms with van der Waals surface area (Å²) >= 11 is 6.28. The van der Waals surface area contributed by atoms with Crippen LogP contribution in [0.4, 0.5) is 5.69 Å². The van der Waals surface area contributed by atoms with Gasteiger partial charge in [0.15, 0.2) is 5.75 Å². The zero-order valence-electron chi connectivity index (χ0n) is 18.3. The molecule has 6 nitrogen and oxygen atoms in total. The predicted octanol–water partition coefficient (Wildman–Crippen LogP) is 5.38. The minimum atomic E-state index is -0.0407. The maximum absolute atomic E-state index is 13.1. The summed E-state index contributed by atoms with van der Waals surface area (Å²) < 4.78 is 11.7. The van der Waals surface area contributed by atoms with Crippen molar-refractivity contribution in [3.05, 3.63) is 82.9 Å². The SMILES string of the molecule is COc1ccc2c(c1)C(N1CCCN(C(=O)c3ccccc3Cl)CC1)=Nc1ccccc1O2. The number of nitrogens with zero attached hydrogens (tertiary/aromatic N) is 3. The van der Waals surface area contributed by atoms with Crippen molar-refractivity contribution in [2.24, 2.45) is 4.99 Å². The normalized spacial score (nSPS) is 15.4. The van der Waals surface area contributed by atoms with Crippen LogP contribution in [-0.4, -0.2) is 54.8 Å². The predicted molar refractivity (Wildman–Crippen MR) is 129 cm³/mol. The Kier molecular flexibility index (Phi) is 5.92. The molecule has 2 aliphatic heterocycles. The maximum atomic E-state index is 13.1. The Balaban J connectivity index is 1.46. The molecular formula is C26H24ClN3O3. The Bertz CT molecular complexity index is 1230. The van der Waals surface area contributed by atoms with E-state index in [9.17, 15) is 4.79 Å². The van der Waals surface area contributed by atoms with Crippen LogP contribution >= 0.6 is 11.6 Å². The molecule has 7 heteroatoms. The third-order valence-corrected chi connectivity index (χ3v) is 6.26. The molecule has 0 aromatic heterocycles. The highest BCUT2D eigenvalue weighted by Gasteiger charge is 2.27. The van der Waals surface area contributed by atoms with Gasteiger partial charge in [0.2, 0.25) is 0 Å². The molecule has 5 rings (SSSR count). The highest BCUT2D eigenvalue weighted by Crippen LogP contribution is 2.39. The minimum Gasteiger partial charge on any atom is -0.497 e. The number of hydrogen-bond donors (Lipinski definition) is 0. The average molecular weight is 462 g/mol. The number of amides is 1. The van der Waals surface area contributed by atoms with Crippen molar-refractivity contribution < 1.29 is 14.3 Å². The lowest BCUT2D eigenvalue weighted by Gasteiger charge is -2.25. The van der Waals surface area contributed by atoms with Gasteiger partial charge in [-0.25, -0.2) is 4.99 Å². The quantitative estimate of drug-likeness (QED) is 0.514. The fourth-order valence-corrected chi connectivity index (χ4v) is 4.42. The number of amidine groups is 1. The molecule has 3 aromatic carbocycles. The zero-order chi connectivity index (χ0) is 22.8. The summed E-state index contributed by atoms with van der Waals surface area (Å²) in [5.74, 6) is 2.96. The van der Waals surface area contributed by atoms with Gasteiger partial charge in [0, 0.05) is 26.2 Å². The van der Waals surface area contributed by atoms with Crippen molar-refractivity contribution in [1.82, 2.24) is 9.80 Å². The topological polar surface area (TPSA) is 54.4 Å². The van der Waals surface area contributed by atoms with Crippen molar-refractivity contribution in [3.8, 4) is 17.2 Å². The van der Waals surface area contributed by atoms with Crippen LogP contribution in [0.15, 0.2) is 71.7 Å². The number of benzene rings is 3. The lowest BCUT2D eigenvalue weighted by Crippen LogP contribution is -2.37. The molecular weight excluding hydrogens is 438 g/mol. The van der Waals surface area contributed by atoms with E-state index in [0.29, 0.717) is 36.0 Å².